The van der Waals surface area contributed by atoms with Crippen molar-refractivity contribution in [3.8, 4) is 0 Å². The van der Waals surface area contributed by atoms with Crippen LogP contribution in [0.3, 0.4) is 0 Å². The Morgan fingerprint density at radius 3 is 2.95 bits per heavy atom. The first kappa shape index (κ1) is 13.1. The van der Waals surface area contributed by atoms with Crippen molar-refractivity contribution in [3.63, 3.8) is 0 Å². The lowest BCUT2D eigenvalue weighted by atomic mass is 9.78. The number of hydrogen-bond donors (Lipinski definition) is 1. The van der Waals surface area contributed by atoms with Crippen molar-refractivity contribution in [1.29, 1.82) is 0 Å². The molecule has 2 aliphatic rings. The van der Waals surface area contributed by atoms with Crippen molar-refractivity contribution in [1.82, 2.24) is 5.32 Å². The predicted octanol–water partition coefficient (Wildman–Crippen LogP) is 2.11. The fourth-order valence-electron chi connectivity index (χ4n) is 3.01. The highest BCUT2D eigenvalue weighted by Crippen LogP contribution is 2.34. The molecule has 1 aliphatic heterocycles. The fourth-order valence-corrected chi connectivity index (χ4v) is 3.01. The molecule has 0 aromatic heterocycles. The third-order valence-corrected chi connectivity index (χ3v) is 3.99. The van der Waals surface area contributed by atoms with Gasteiger partial charge in [-0.1, -0.05) is 24.3 Å². The average Bonchev–Trinajstić information content (AvgIpc) is 2.34. The van der Waals surface area contributed by atoms with E-state index in [1.54, 1.807) is 0 Å². The smallest absolute Gasteiger partial charge is 0.0940 e. The second-order valence-corrected chi connectivity index (χ2v) is 6.27. The quantitative estimate of drug-likeness (QED) is 0.900. The number of fused-ring (bicyclic) bond motifs is 1. The Balaban J connectivity index is 1.43. The van der Waals surface area contributed by atoms with Gasteiger partial charge in [0.1, 0.15) is 0 Å². The van der Waals surface area contributed by atoms with Crippen LogP contribution in [-0.4, -0.2) is 38.0 Å². The molecule has 1 aliphatic carbocycles. The SMILES string of the molecule is CC1(C)CNCC(COCC2Cc3ccccc32)O1. The second-order valence-electron chi connectivity index (χ2n) is 6.27. The lowest BCUT2D eigenvalue weighted by Crippen LogP contribution is -2.52. The lowest BCUT2D eigenvalue weighted by molar-refractivity contribution is -0.121. The topological polar surface area (TPSA) is 30.5 Å². The van der Waals surface area contributed by atoms with E-state index in [1.165, 1.54) is 11.1 Å². The summed E-state index contributed by atoms with van der Waals surface area (Å²) in [5, 5.41) is 3.40. The Hall–Kier alpha value is -0.900. The molecule has 1 aromatic rings. The number of hydrogen-bond acceptors (Lipinski definition) is 3. The molecule has 0 bridgehead atoms. The molecule has 0 amide bonds. The zero-order chi connectivity index (χ0) is 13.3. The molecule has 3 rings (SSSR count). The molecule has 0 saturated carbocycles. The second kappa shape index (κ2) is 5.23. The number of nitrogens with one attached hydrogen (secondary N) is 1. The van der Waals surface area contributed by atoms with Gasteiger partial charge >= 0.3 is 0 Å². The molecule has 3 nitrogen and oxygen atoms in total. The van der Waals surface area contributed by atoms with E-state index in [0.29, 0.717) is 12.5 Å². The van der Waals surface area contributed by atoms with Gasteiger partial charge in [0, 0.05) is 19.0 Å². The highest BCUT2D eigenvalue weighted by molar-refractivity contribution is 5.39. The number of rotatable bonds is 4. The van der Waals surface area contributed by atoms with Crippen LogP contribution in [0.5, 0.6) is 0 Å². The van der Waals surface area contributed by atoms with Gasteiger partial charge in [-0.3, -0.25) is 0 Å². The molecule has 1 aromatic carbocycles. The molecule has 2 atom stereocenters. The molecule has 3 heteroatoms. The molecule has 0 spiro atoms. The minimum absolute atomic E-state index is 0.0741. The molecular formula is C16H23NO2. The van der Waals surface area contributed by atoms with Crippen LogP contribution in [0.25, 0.3) is 0 Å². The molecule has 1 saturated heterocycles. The van der Waals surface area contributed by atoms with E-state index in [-0.39, 0.29) is 11.7 Å². The first-order chi connectivity index (χ1) is 9.14. The van der Waals surface area contributed by atoms with E-state index in [0.717, 1.165) is 26.1 Å². The van der Waals surface area contributed by atoms with Gasteiger partial charge in [0.2, 0.25) is 0 Å². The highest BCUT2D eigenvalue weighted by Gasteiger charge is 2.29. The van der Waals surface area contributed by atoms with Crippen LogP contribution in [0.4, 0.5) is 0 Å². The Morgan fingerprint density at radius 2 is 2.16 bits per heavy atom. The van der Waals surface area contributed by atoms with Gasteiger partial charge in [0.05, 0.1) is 24.9 Å². The molecule has 1 heterocycles. The van der Waals surface area contributed by atoms with Gasteiger partial charge in [-0.2, -0.15) is 0 Å². The Bertz CT molecular complexity index is 444. The van der Waals surface area contributed by atoms with Gasteiger partial charge in [-0.25, -0.2) is 0 Å². The van der Waals surface area contributed by atoms with Gasteiger partial charge in [0.15, 0.2) is 0 Å². The van der Waals surface area contributed by atoms with E-state index in [2.05, 4.69) is 43.4 Å². The minimum Gasteiger partial charge on any atom is -0.378 e. The maximum Gasteiger partial charge on any atom is 0.0940 e. The van der Waals surface area contributed by atoms with Crippen molar-refractivity contribution < 1.29 is 9.47 Å². The molecule has 2 unspecified atom stereocenters. The first-order valence-electron chi connectivity index (χ1n) is 7.18. The maximum atomic E-state index is 5.99. The summed E-state index contributed by atoms with van der Waals surface area (Å²) >= 11 is 0. The standard InChI is InChI=1S/C16H23NO2/c1-16(2)11-17-8-14(19-16)10-18-9-13-7-12-5-3-4-6-15(12)13/h3-6,13-14,17H,7-11H2,1-2H3. The summed E-state index contributed by atoms with van der Waals surface area (Å²) in [6.07, 6.45) is 1.34. The van der Waals surface area contributed by atoms with Crippen LogP contribution < -0.4 is 5.32 Å². The third kappa shape index (κ3) is 2.99. The number of morpholine rings is 1. The zero-order valence-electron chi connectivity index (χ0n) is 11.8. The summed E-state index contributed by atoms with van der Waals surface area (Å²) < 4.78 is 11.9. The number of ether oxygens (including phenoxy) is 2. The van der Waals surface area contributed by atoms with Gasteiger partial charge < -0.3 is 14.8 Å². The summed E-state index contributed by atoms with van der Waals surface area (Å²) in [5.41, 5.74) is 2.87. The van der Waals surface area contributed by atoms with Gasteiger partial charge in [-0.15, -0.1) is 0 Å². The summed E-state index contributed by atoms with van der Waals surface area (Å²) in [6.45, 7) is 7.55. The van der Waals surface area contributed by atoms with Gasteiger partial charge in [0.25, 0.3) is 0 Å². The third-order valence-electron chi connectivity index (χ3n) is 3.99. The highest BCUT2D eigenvalue weighted by atomic mass is 16.5. The average molecular weight is 261 g/mol. The molecule has 0 radical (unpaired) electrons. The van der Waals surface area contributed by atoms with Crippen LogP contribution in [0.2, 0.25) is 0 Å². The Kier molecular flexibility index (Phi) is 3.61. The summed E-state index contributed by atoms with van der Waals surface area (Å²) in [5.74, 6) is 0.584. The summed E-state index contributed by atoms with van der Waals surface area (Å²) in [6, 6.07) is 8.65. The van der Waals surface area contributed by atoms with E-state index < -0.39 is 0 Å². The Morgan fingerprint density at radius 1 is 1.32 bits per heavy atom. The molecule has 1 fully saturated rings. The van der Waals surface area contributed by atoms with E-state index >= 15 is 0 Å². The molecular weight excluding hydrogens is 238 g/mol. The normalized spacial score (nSPS) is 28.5. The Labute approximate surface area is 115 Å². The van der Waals surface area contributed by atoms with Crippen LogP contribution in [0.15, 0.2) is 24.3 Å². The summed E-state index contributed by atoms with van der Waals surface area (Å²) in [7, 11) is 0. The maximum absolute atomic E-state index is 5.99. The molecule has 19 heavy (non-hydrogen) atoms. The van der Waals surface area contributed by atoms with E-state index in [4.69, 9.17) is 9.47 Å². The zero-order valence-corrected chi connectivity index (χ0v) is 11.8. The number of benzene rings is 1. The van der Waals surface area contributed by atoms with Crippen molar-refractivity contribution in [3.05, 3.63) is 35.4 Å². The van der Waals surface area contributed by atoms with Crippen molar-refractivity contribution in [2.75, 3.05) is 26.3 Å². The minimum atomic E-state index is -0.0741. The molecule has 1 N–H and O–H groups in total. The van der Waals surface area contributed by atoms with Crippen LogP contribution in [-0.2, 0) is 15.9 Å². The van der Waals surface area contributed by atoms with Crippen LogP contribution in [0, 0.1) is 0 Å². The van der Waals surface area contributed by atoms with Crippen molar-refractivity contribution in [2.45, 2.75) is 37.9 Å². The van der Waals surface area contributed by atoms with E-state index in [1.807, 2.05) is 0 Å². The lowest BCUT2D eigenvalue weighted by Gasteiger charge is -2.37. The molecule has 104 valence electrons. The first-order valence-corrected chi connectivity index (χ1v) is 7.18. The van der Waals surface area contributed by atoms with Gasteiger partial charge in [-0.05, 0) is 31.4 Å². The van der Waals surface area contributed by atoms with Crippen molar-refractivity contribution >= 4 is 0 Å². The van der Waals surface area contributed by atoms with Crippen LogP contribution in [0.1, 0.15) is 30.9 Å². The van der Waals surface area contributed by atoms with Crippen LogP contribution >= 0.6 is 0 Å². The van der Waals surface area contributed by atoms with Crippen molar-refractivity contribution in [2.24, 2.45) is 0 Å². The fraction of sp³-hybridized carbons (Fsp3) is 0.625. The predicted molar refractivity (Wildman–Crippen MR) is 75.5 cm³/mol. The largest absolute Gasteiger partial charge is 0.378 e. The summed E-state index contributed by atoms with van der Waals surface area (Å²) in [4.78, 5) is 0. The van der Waals surface area contributed by atoms with E-state index in [9.17, 15) is 0 Å². The monoisotopic (exact) mass is 261 g/mol.